The van der Waals surface area contributed by atoms with Gasteiger partial charge in [0.1, 0.15) is 17.8 Å². The molecule has 6 aromatic rings. The molecule has 0 saturated carbocycles. The molecule has 5 aromatic heterocycles. The Kier molecular flexibility index (Phi) is 5.99. The van der Waals surface area contributed by atoms with Crippen LogP contribution in [0, 0.1) is 5.82 Å². The molecular weight excluding hydrogens is 521 g/mol. The summed E-state index contributed by atoms with van der Waals surface area (Å²) in [7, 11) is 1.51. The number of benzene rings is 1. The normalized spacial score (nSPS) is 14.8. The number of halogens is 1. The lowest BCUT2D eigenvalue weighted by atomic mass is 10.00. The fraction of sp³-hybridized carbons (Fsp3) is 0.154. The minimum Gasteiger partial charge on any atom is -0.467 e. The largest absolute Gasteiger partial charge is 0.467 e. The van der Waals surface area contributed by atoms with Crippen LogP contribution in [-0.2, 0) is 0 Å². The van der Waals surface area contributed by atoms with Crippen LogP contribution in [0.3, 0.4) is 0 Å². The van der Waals surface area contributed by atoms with Gasteiger partial charge in [0, 0.05) is 42.5 Å². The monoisotopic (exact) mass is 543 g/mol. The third-order valence-corrected chi connectivity index (χ3v) is 6.84. The van der Waals surface area contributed by atoms with Gasteiger partial charge in [-0.3, -0.25) is 9.36 Å². The van der Waals surface area contributed by atoms with Crippen LogP contribution in [0.2, 0.25) is 0 Å². The topological polar surface area (TPSA) is 119 Å². The van der Waals surface area contributed by atoms with Crippen LogP contribution in [0.25, 0.3) is 33.4 Å². The summed E-state index contributed by atoms with van der Waals surface area (Å²) in [6.45, 7) is 0.684. The number of H-pyrrole nitrogens is 1. The van der Waals surface area contributed by atoms with Crippen LogP contribution in [0.5, 0.6) is 6.01 Å². The fourth-order valence-electron chi connectivity index (χ4n) is 4.95. The second-order valence-corrected chi connectivity index (χ2v) is 8.87. The molecular formula is C26H22FN9O2S. The number of methoxy groups -OCH3 is 1. The van der Waals surface area contributed by atoms with Gasteiger partial charge in [0.05, 0.1) is 24.2 Å². The number of anilines is 1. The number of ether oxygens (including phenoxy) is 1. The highest BCUT2D eigenvalue weighted by molar-refractivity contribution is 7.59. The molecule has 6 heterocycles. The highest BCUT2D eigenvalue weighted by Crippen LogP contribution is 2.41. The smallest absolute Gasteiger partial charge is 0.316 e. The van der Waals surface area contributed by atoms with E-state index in [4.69, 9.17) is 9.84 Å². The predicted molar refractivity (Wildman–Crippen MR) is 147 cm³/mol. The van der Waals surface area contributed by atoms with Gasteiger partial charge in [0.2, 0.25) is 0 Å². The van der Waals surface area contributed by atoms with Crippen LogP contribution in [0.15, 0.2) is 72.3 Å². The second kappa shape index (κ2) is 9.51. The Morgan fingerprint density at radius 2 is 1.87 bits per heavy atom. The summed E-state index contributed by atoms with van der Waals surface area (Å²) in [6, 6.07) is 10.4. The lowest BCUT2D eigenvalue weighted by Gasteiger charge is -2.42. The van der Waals surface area contributed by atoms with Gasteiger partial charge in [-0.15, -0.1) is 0 Å². The van der Waals surface area contributed by atoms with Gasteiger partial charge < -0.3 is 14.6 Å². The fourth-order valence-corrected chi connectivity index (χ4v) is 4.95. The summed E-state index contributed by atoms with van der Waals surface area (Å²) in [5.41, 5.74) is 2.30. The molecule has 0 amide bonds. The van der Waals surface area contributed by atoms with Gasteiger partial charge >= 0.3 is 6.01 Å². The van der Waals surface area contributed by atoms with Crippen molar-refractivity contribution in [1.82, 2.24) is 39.1 Å². The van der Waals surface area contributed by atoms with Crippen LogP contribution >= 0.6 is 13.5 Å². The zero-order valence-corrected chi connectivity index (χ0v) is 21.6. The minimum atomic E-state index is -0.611. The number of hydrogen-bond donors (Lipinski definition) is 1. The molecule has 1 aliphatic rings. The molecule has 0 bridgehead atoms. The molecule has 1 saturated heterocycles. The first kappa shape index (κ1) is 24.6. The molecule has 0 unspecified atom stereocenters. The summed E-state index contributed by atoms with van der Waals surface area (Å²) in [5.74, 6) is 0.568. The lowest BCUT2D eigenvalue weighted by Crippen LogP contribution is -2.45. The number of rotatable bonds is 5. The van der Waals surface area contributed by atoms with Crippen LogP contribution in [0.1, 0.15) is 18.3 Å². The van der Waals surface area contributed by atoms with E-state index >= 15 is 0 Å². The van der Waals surface area contributed by atoms with Crippen molar-refractivity contribution < 1.29 is 9.13 Å². The number of fused-ring (bicyclic) bond motifs is 2. The number of nitrogens with one attached hydrogen (secondary N) is 1. The van der Waals surface area contributed by atoms with Gasteiger partial charge in [-0.1, -0.05) is 18.2 Å². The predicted octanol–water partition coefficient (Wildman–Crippen LogP) is 3.43. The highest BCUT2D eigenvalue weighted by Gasteiger charge is 2.37. The Hall–Kier alpha value is -4.78. The Balaban J connectivity index is 0.00000277. The first-order valence-electron chi connectivity index (χ1n) is 11.9. The molecule has 39 heavy (non-hydrogen) atoms. The van der Waals surface area contributed by atoms with Crippen molar-refractivity contribution in [2.75, 3.05) is 18.6 Å². The van der Waals surface area contributed by atoms with E-state index < -0.39 is 11.4 Å². The minimum absolute atomic E-state index is 0. The average Bonchev–Trinajstić information content (AvgIpc) is 3.53. The van der Waals surface area contributed by atoms with Crippen molar-refractivity contribution in [3.63, 3.8) is 0 Å². The summed E-state index contributed by atoms with van der Waals surface area (Å²) in [5, 5.41) is 5.51. The van der Waals surface area contributed by atoms with E-state index in [1.807, 2.05) is 36.5 Å². The van der Waals surface area contributed by atoms with Crippen molar-refractivity contribution in [2.24, 2.45) is 0 Å². The molecule has 0 spiro atoms. The quantitative estimate of drug-likeness (QED) is 0.351. The Labute approximate surface area is 227 Å². The standard InChI is InChI=1S/C26H20FN9O2.H2S/c1-38-26-29-11-15(12-30-26)17-13-28-22-20(17)24(32-14-31-22)34-9-8-19(34)23-33-35-10-7-18(27)21(35)25(37)36(23)16-5-3-2-4-6-16;/h2-7,10-14,19H,8-9H2,1H3,(H,28,31,32);1H2/t19-;/m0./s1. The van der Waals surface area contributed by atoms with Crippen LogP contribution in [-0.4, -0.2) is 52.8 Å². The molecule has 0 radical (unpaired) electrons. The van der Waals surface area contributed by atoms with E-state index in [0.29, 0.717) is 29.5 Å². The van der Waals surface area contributed by atoms with E-state index in [-0.39, 0.29) is 31.1 Å². The van der Waals surface area contributed by atoms with E-state index in [1.165, 1.54) is 34.8 Å². The molecule has 1 atom stereocenters. The number of aromatic nitrogens is 8. The maximum Gasteiger partial charge on any atom is 0.316 e. The Morgan fingerprint density at radius 3 is 2.59 bits per heavy atom. The SMILES string of the molecule is COc1ncc(-c2c[nH]c3ncnc(N4CC[C@H]4c4nn5ccc(F)c5c(=O)n4-c4ccccc4)c23)cn1.S. The molecule has 1 aliphatic heterocycles. The third kappa shape index (κ3) is 3.81. The van der Waals surface area contributed by atoms with Crippen LogP contribution < -0.4 is 15.2 Å². The first-order valence-corrected chi connectivity index (χ1v) is 11.9. The number of hydrogen-bond acceptors (Lipinski definition) is 8. The molecule has 1 N–H and O–H groups in total. The van der Waals surface area contributed by atoms with Crippen molar-refractivity contribution in [1.29, 1.82) is 0 Å². The van der Waals surface area contributed by atoms with Gasteiger partial charge in [-0.2, -0.15) is 18.6 Å². The maximum atomic E-state index is 14.5. The van der Waals surface area contributed by atoms with Crippen LogP contribution in [0.4, 0.5) is 10.2 Å². The van der Waals surface area contributed by atoms with Gasteiger partial charge in [0.25, 0.3) is 5.56 Å². The molecule has 1 aromatic carbocycles. The van der Waals surface area contributed by atoms with Gasteiger partial charge in [0.15, 0.2) is 17.2 Å². The van der Waals surface area contributed by atoms with Gasteiger partial charge in [-0.25, -0.2) is 28.8 Å². The molecule has 11 nitrogen and oxygen atoms in total. The number of aromatic amines is 1. The van der Waals surface area contributed by atoms with Crippen molar-refractivity contribution >= 4 is 35.9 Å². The zero-order chi connectivity index (χ0) is 25.8. The van der Waals surface area contributed by atoms with Crippen molar-refractivity contribution in [2.45, 2.75) is 12.5 Å². The molecule has 0 aliphatic carbocycles. The van der Waals surface area contributed by atoms with Crippen molar-refractivity contribution in [3.8, 4) is 22.8 Å². The molecule has 196 valence electrons. The summed E-state index contributed by atoms with van der Waals surface area (Å²) in [6.07, 6.45) is 8.90. The Bertz CT molecular complexity index is 1870. The molecule has 13 heteroatoms. The Morgan fingerprint density at radius 1 is 1.08 bits per heavy atom. The molecule has 7 rings (SSSR count). The third-order valence-electron chi connectivity index (χ3n) is 6.84. The first-order chi connectivity index (χ1) is 18.6. The maximum absolute atomic E-state index is 14.5. The van der Waals surface area contributed by atoms with E-state index in [1.54, 1.807) is 12.4 Å². The van der Waals surface area contributed by atoms with E-state index in [0.717, 1.165) is 22.9 Å². The lowest BCUT2D eigenvalue weighted by molar-refractivity contribution is 0.380. The molecule has 1 fully saturated rings. The number of nitrogens with zero attached hydrogens (tertiary/aromatic N) is 8. The second-order valence-electron chi connectivity index (χ2n) is 8.87. The number of para-hydroxylation sites is 1. The zero-order valence-electron chi connectivity index (χ0n) is 20.6. The highest BCUT2D eigenvalue weighted by atomic mass is 32.1. The summed E-state index contributed by atoms with van der Waals surface area (Å²) in [4.78, 5) is 36.4. The van der Waals surface area contributed by atoms with Crippen molar-refractivity contribution in [3.05, 3.63) is 89.5 Å². The summed E-state index contributed by atoms with van der Waals surface area (Å²) >= 11 is 0. The van der Waals surface area contributed by atoms with E-state index in [9.17, 15) is 9.18 Å². The van der Waals surface area contributed by atoms with E-state index in [2.05, 4.69) is 29.8 Å². The average molecular weight is 544 g/mol. The summed E-state index contributed by atoms with van der Waals surface area (Å²) < 4.78 is 22.4. The van der Waals surface area contributed by atoms with Gasteiger partial charge in [-0.05, 0) is 24.6 Å².